The number of carbonyl (C=O) groups is 2. The van der Waals surface area contributed by atoms with Crippen LogP contribution in [0, 0.1) is 0 Å². The topological polar surface area (TPSA) is 173 Å². The molecule has 1 unspecified atom stereocenters. The number of aryl methyl sites for hydroxylation is 4. The molecule has 2 aromatic carbocycles. The number of hydrogen-bond acceptors (Lipinski definition) is 11. The molecule has 0 aliphatic carbocycles. The van der Waals surface area contributed by atoms with Crippen LogP contribution in [0.2, 0.25) is 0 Å². The second-order valence-electron chi connectivity index (χ2n) is 25.3. The third-order valence-corrected chi connectivity index (χ3v) is 18.6. The highest BCUT2D eigenvalue weighted by atomic mass is 35.5. The summed E-state index contributed by atoms with van der Waals surface area (Å²) in [4.78, 5) is 76.8. The van der Waals surface area contributed by atoms with Crippen molar-refractivity contribution in [2.24, 2.45) is 34.9 Å². The molecule has 0 amide bonds. The van der Waals surface area contributed by atoms with E-state index in [4.69, 9.17) is 67.7 Å². The standard InChI is InChI=1S/C74H99Cl2N10O4/c1-5-9-13-17-21-25-29-33-37-52-41-42-53(38-34-30-26-22-18-14-10-6-2)64-63(52)71-80-67-56-45-46-86(90-62(88)49-76)51-59(56)70(78-67)83-74-66-55(40-36-32-28-24-20-16-12-8-4)44-43-54(39-35-31-27-23-19-15-11-7-3)65(66)73(85-74)82-69-58-50-77-60(89-61(87)48-75)47-57(58)68(79-69)81-72(64)84-71/h41-47,50-51,60H,5-40,48-49H2,1-4H3,(H,78,79,80,81,82,83,84,85)/q+1/p+1. The number of ether oxygens (including phenoxy) is 1. The first-order chi connectivity index (χ1) is 44.2. The third kappa shape index (κ3) is 18.5. The van der Waals surface area contributed by atoms with E-state index < -0.39 is 18.2 Å². The van der Waals surface area contributed by atoms with Crippen LogP contribution in [0.3, 0.4) is 0 Å². The monoisotopic (exact) mass is 1260 g/mol. The molecule has 4 aromatic rings. The Morgan fingerprint density at radius 1 is 0.467 bits per heavy atom. The smallest absolute Gasteiger partial charge is 0.395 e. The largest absolute Gasteiger partial charge is 0.398 e. The molecule has 0 fully saturated rings. The van der Waals surface area contributed by atoms with E-state index in [0.717, 1.165) is 116 Å². The van der Waals surface area contributed by atoms with Gasteiger partial charge in [-0.2, -0.15) is 4.84 Å². The Morgan fingerprint density at radius 3 is 1.36 bits per heavy atom. The van der Waals surface area contributed by atoms with Gasteiger partial charge in [-0.3, -0.25) is 4.79 Å². The molecule has 7 heterocycles. The van der Waals surface area contributed by atoms with E-state index in [-0.39, 0.29) is 11.8 Å². The van der Waals surface area contributed by atoms with Crippen LogP contribution in [0.1, 0.15) is 278 Å². The number of nitrogens with zero attached hydrogens (tertiary/aromatic N) is 8. The van der Waals surface area contributed by atoms with E-state index in [0.29, 0.717) is 62.7 Å². The van der Waals surface area contributed by atoms with Gasteiger partial charge in [-0.25, -0.2) is 44.7 Å². The fourth-order valence-corrected chi connectivity index (χ4v) is 13.3. The van der Waals surface area contributed by atoms with Gasteiger partial charge in [0.25, 0.3) is 0 Å². The number of aromatic amines is 1. The Balaban J connectivity index is 1.24. The molecular weight excluding hydrogens is 1160 g/mol. The van der Waals surface area contributed by atoms with Crippen LogP contribution < -0.4 is 25.5 Å². The van der Waals surface area contributed by atoms with Gasteiger partial charge in [0, 0.05) is 49.9 Å². The molecule has 9 rings (SSSR count). The molecule has 90 heavy (non-hydrogen) atoms. The minimum Gasteiger partial charge on any atom is -0.398 e. The number of benzene rings is 2. The van der Waals surface area contributed by atoms with Crippen LogP contribution in [-0.4, -0.2) is 70.3 Å². The number of halogens is 2. The summed E-state index contributed by atoms with van der Waals surface area (Å²) in [5.41, 5.74) is 10.6. The molecule has 14 nitrogen and oxygen atoms in total. The van der Waals surface area contributed by atoms with Crippen molar-refractivity contribution in [3.05, 3.63) is 121 Å². The van der Waals surface area contributed by atoms with Crippen molar-refractivity contribution in [1.82, 2.24) is 4.98 Å². The molecular formula is C74H100Cl2N10O4+2. The number of hydrogen-bond donors (Lipinski definition) is 2. The number of fused-ring (bicyclic) bond motifs is 16. The predicted octanol–water partition coefficient (Wildman–Crippen LogP) is 14.9. The number of aliphatic imine (C=N–C) groups is 5. The number of aromatic nitrogens is 2. The molecule has 8 bridgehead atoms. The van der Waals surface area contributed by atoms with Gasteiger partial charge >= 0.3 is 18.2 Å². The summed E-state index contributed by atoms with van der Waals surface area (Å²) in [6.45, 7) is 9.07. The number of esters is 1. The fourth-order valence-electron chi connectivity index (χ4n) is 13.2. The normalized spacial score (nSPS) is 15.4. The van der Waals surface area contributed by atoms with E-state index >= 15 is 0 Å². The van der Waals surface area contributed by atoms with Crippen LogP contribution in [0.4, 0.5) is 0 Å². The fraction of sp³-hybridized carbons (Fsp3) is 0.581. The second kappa shape index (κ2) is 36.1. The highest BCUT2D eigenvalue weighted by Crippen LogP contribution is 2.35. The van der Waals surface area contributed by atoms with Gasteiger partial charge < -0.3 is 9.72 Å². The Labute approximate surface area is 545 Å². The molecule has 5 aliphatic heterocycles. The lowest BCUT2D eigenvalue weighted by atomic mass is 9.90. The molecule has 2 N–H and O–H groups in total. The first-order valence-corrected chi connectivity index (χ1v) is 36.2. The van der Waals surface area contributed by atoms with Crippen LogP contribution in [0.5, 0.6) is 0 Å². The summed E-state index contributed by atoms with van der Waals surface area (Å²) in [6, 6.07) is 11.1. The average Bonchev–Trinajstić information content (AvgIpc) is 1.60. The van der Waals surface area contributed by atoms with Crippen LogP contribution >= 0.6 is 23.2 Å². The first-order valence-electron chi connectivity index (χ1n) is 35.1. The number of rotatable bonds is 40. The number of unbranched alkanes of at least 4 members (excludes halogenated alkanes) is 28. The van der Waals surface area contributed by atoms with Crippen molar-refractivity contribution < 1.29 is 28.9 Å². The van der Waals surface area contributed by atoms with E-state index in [9.17, 15) is 9.59 Å². The van der Waals surface area contributed by atoms with E-state index in [2.05, 4.69) is 61.9 Å². The molecule has 0 saturated carbocycles. The number of carbonyl (C=O) groups excluding carboxylic acids is 2. The Bertz CT molecular complexity index is 3510. The van der Waals surface area contributed by atoms with Gasteiger partial charge in [-0.15, -0.1) is 23.2 Å². The molecule has 0 radical (unpaired) electrons. The summed E-state index contributed by atoms with van der Waals surface area (Å²) >= 11 is 12.1. The minimum atomic E-state index is -0.825. The first kappa shape index (κ1) is 68.1. The predicted molar refractivity (Wildman–Crippen MR) is 368 cm³/mol. The van der Waals surface area contributed by atoms with E-state index in [1.165, 1.54) is 170 Å². The van der Waals surface area contributed by atoms with Crippen molar-refractivity contribution in [3.63, 3.8) is 0 Å². The Morgan fingerprint density at radius 2 is 0.867 bits per heavy atom. The highest BCUT2D eigenvalue weighted by molar-refractivity contribution is 6.30. The summed E-state index contributed by atoms with van der Waals surface area (Å²) in [5.74, 6) is 0.950. The summed E-state index contributed by atoms with van der Waals surface area (Å²) in [5, 5.41) is 2.01. The number of H-pyrrole nitrogens is 1. The zero-order valence-corrected chi connectivity index (χ0v) is 56.1. The molecule has 5 aliphatic rings. The van der Waals surface area contributed by atoms with Gasteiger partial charge in [-0.1, -0.05) is 232 Å². The summed E-state index contributed by atoms with van der Waals surface area (Å²) in [7, 11) is 0. The number of pyridine rings is 1. The quantitative estimate of drug-likeness (QED) is 0.0195. The lowest BCUT2D eigenvalue weighted by Crippen LogP contribution is -2.78. The zero-order chi connectivity index (χ0) is 62.9. The van der Waals surface area contributed by atoms with Crippen molar-refractivity contribution in [2.45, 2.75) is 265 Å². The second-order valence-corrected chi connectivity index (χ2v) is 25.8. The van der Waals surface area contributed by atoms with Crippen molar-refractivity contribution >= 4 is 81.3 Å². The van der Waals surface area contributed by atoms with Crippen molar-refractivity contribution in [2.75, 3.05) is 11.8 Å². The maximum Gasteiger partial charge on any atom is 0.395 e. The van der Waals surface area contributed by atoms with Gasteiger partial charge in [0.15, 0.2) is 41.2 Å². The van der Waals surface area contributed by atoms with Crippen molar-refractivity contribution in [1.29, 1.82) is 0 Å². The Kier molecular flexibility index (Phi) is 27.3. The van der Waals surface area contributed by atoms with Crippen LogP contribution in [0.15, 0.2) is 101 Å². The van der Waals surface area contributed by atoms with E-state index in [1.54, 1.807) is 12.4 Å². The average molecular weight is 1260 g/mol. The van der Waals surface area contributed by atoms with Gasteiger partial charge in [0.1, 0.15) is 22.7 Å². The maximum absolute atomic E-state index is 12.8. The van der Waals surface area contributed by atoms with Crippen molar-refractivity contribution in [3.8, 4) is 0 Å². The van der Waals surface area contributed by atoms with Gasteiger partial charge in [-0.05, 0) is 73.6 Å². The number of alkyl halides is 2. The molecule has 16 heteroatoms. The third-order valence-electron chi connectivity index (χ3n) is 18.2. The molecule has 1 atom stereocenters. The lowest BCUT2D eigenvalue weighted by Gasteiger charge is -2.14. The van der Waals surface area contributed by atoms with Gasteiger partial charge in [0.05, 0.1) is 11.1 Å². The van der Waals surface area contributed by atoms with Gasteiger partial charge in [0.2, 0.25) is 12.4 Å². The number of nitrogens with one attached hydrogen (secondary N) is 2. The molecule has 0 saturated heterocycles. The van der Waals surface area contributed by atoms with E-state index in [1.807, 2.05) is 18.4 Å². The lowest BCUT2D eigenvalue weighted by molar-refractivity contribution is -0.869. The maximum atomic E-state index is 12.8. The van der Waals surface area contributed by atoms with Crippen LogP contribution in [0.25, 0.3) is 10.8 Å². The summed E-state index contributed by atoms with van der Waals surface area (Å²) < 4.78 is 7.20. The zero-order valence-electron chi connectivity index (χ0n) is 54.6. The number of amidine groups is 5. The Hall–Kier alpha value is -6.25. The molecule has 482 valence electrons. The highest BCUT2D eigenvalue weighted by Gasteiger charge is 2.36. The van der Waals surface area contributed by atoms with Crippen LogP contribution in [-0.2, 0) is 40.0 Å². The minimum absolute atomic E-state index is 0.290. The molecule has 2 aromatic heterocycles. The molecule has 0 spiro atoms. The SMILES string of the molecule is CCCCCCCCCCc1ccc(CCCCCCCCCC)c2c1C1=NC2=NC2=C3C=[NH+]C(OC(=O)CCl)C=C3C(=N2)N=c2[nH]c(c3c(CCCCCCCCCC)ccc(CCCCCCCCCC)c23)=NC2=NC(=N1)c1c[n+](OC(=O)CCl)ccc12. The summed E-state index contributed by atoms with van der Waals surface area (Å²) in [6.07, 6.45) is 48.4.